The molecule has 2 aliphatic rings. The number of aromatic nitrogens is 1. The molecule has 31 heavy (non-hydrogen) atoms. The number of fused-ring (bicyclic) bond motifs is 4. The minimum atomic E-state index is -0.294. The van der Waals surface area contributed by atoms with Gasteiger partial charge < -0.3 is 15.2 Å². The van der Waals surface area contributed by atoms with Gasteiger partial charge in [-0.15, -0.1) is 0 Å². The average molecular weight is 415 g/mol. The Bertz CT molecular complexity index is 1210. The molecule has 160 valence electrons. The van der Waals surface area contributed by atoms with Crippen molar-refractivity contribution in [1.29, 1.82) is 0 Å². The van der Waals surface area contributed by atoms with E-state index < -0.39 is 0 Å². The molecule has 0 unspecified atom stereocenters. The molecule has 0 amide bonds. The van der Waals surface area contributed by atoms with Crippen LogP contribution in [0.5, 0.6) is 0 Å². The summed E-state index contributed by atoms with van der Waals surface area (Å²) in [5.74, 6) is 0.112. The van der Waals surface area contributed by atoms with Crippen LogP contribution in [-0.4, -0.2) is 49.2 Å². The van der Waals surface area contributed by atoms with E-state index in [4.69, 9.17) is 0 Å². The highest BCUT2D eigenvalue weighted by atomic mass is 16.1. The van der Waals surface area contributed by atoms with Crippen LogP contribution in [0.25, 0.3) is 10.9 Å². The van der Waals surface area contributed by atoms with E-state index in [-0.39, 0.29) is 11.2 Å². The van der Waals surface area contributed by atoms with Gasteiger partial charge in [-0.1, -0.05) is 26.0 Å². The van der Waals surface area contributed by atoms with E-state index in [1.54, 1.807) is 7.05 Å². The molecule has 2 N–H and O–H groups in total. The highest BCUT2D eigenvalue weighted by Crippen LogP contribution is 2.44. The first-order valence-electron chi connectivity index (χ1n) is 11.1. The fourth-order valence-corrected chi connectivity index (χ4v) is 5.40. The van der Waals surface area contributed by atoms with E-state index in [2.05, 4.69) is 66.1 Å². The van der Waals surface area contributed by atoms with Crippen LogP contribution in [0.3, 0.4) is 0 Å². The van der Waals surface area contributed by atoms with Crippen LogP contribution in [0.15, 0.2) is 41.4 Å². The molecule has 0 saturated carbocycles. The van der Waals surface area contributed by atoms with Crippen molar-refractivity contribution in [3.05, 3.63) is 64.3 Å². The lowest BCUT2D eigenvalue weighted by atomic mass is 9.71. The molecule has 5 heteroatoms. The molecule has 1 aliphatic heterocycles. The molecule has 5 rings (SSSR count). The van der Waals surface area contributed by atoms with Crippen LogP contribution < -0.4 is 10.2 Å². The predicted molar refractivity (Wildman–Crippen MR) is 128 cm³/mol. The monoisotopic (exact) mass is 414 g/mol. The van der Waals surface area contributed by atoms with Crippen molar-refractivity contribution in [3.8, 4) is 0 Å². The fraction of sp³-hybridized carbons (Fsp3) is 0.385. The van der Waals surface area contributed by atoms with E-state index in [0.717, 1.165) is 51.9 Å². The minimum Gasteiger partial charge on any atom is -0.368 e. The summed E-state index contributed by atoms with van der Waals surface area (Å²) < 4.78 is 0. The smallest absolute Gasteiger partial charge is 0.195 e. The molecular formula is C26H30N4O. The maximum absolute atomic E-state index is 13.6. The number of carbonyl (C=O) groups is 1. The number of rotatable bonds is 2. The standard InChI is InChI=1S/C26H30N4O/c1-15-13-30(14-16(2)28-15)18-7-9-19-21(11-18)26(3,4)25-23(24(19)31)20-8-6-17(12-27-5)10-22(20)29-25/h6-12,15-16,28-29H,13-14H2,1-5H3/t15-,16+. The van der Waals surface area contributed by atoms with E-state index >= 15 is 0 Å². The number of nitrogens with one attached hydrogen (secondary N) is 2. The zero-order valence-electron chi connectivity index (χ0n) is 18.9. The van der Waals surface area contributed by atoms with E-state index in [9.17, 15) is 4.79 Å². The number of piperazine rings is 1. The first kappa shape index (κ1) is 20.0. The zero-order chi connectivity index (χ0) is 21.9. The van der Waals surface area contributed by atoms with Crippen molar-refractivity contribution in [2.24, 2.45) is 4.99 Å². The van der Waals surface area contributed by atoms with Crippen molar-refractivity contribution in [2.75, 3.05) is 25.0 Å². The number of aliphatic imine (C=N–C) groups is 1. The van der Waals surface area contributed by atoms with Crippen molar-refractivity contribution in [3.63, 3.8) is 0 Å². The summed E-state index contributed by atoms with van der Waals surface area (Å²) in [6.07, 6.45) is 1.84. The lowest BCUT2D eigenvalue weighted by molar-refractivity contribution is 0.103. The minimum absolute atomic E-state index is 0.112. The summed E-state index contributed by atoms with van der Waals surface area (Å²) in [7, 11) is 1.77. The largest absolute Gasteiger partial charge is 0.368 e. The topological polar surface area (TPSA) is 60.5 Å². The van der Waals surface area contributed by atoms with Crippen molar-refractivity contribution < 1.29 is 4.79 Å². The van der Waals surface area contributed by atoms with Crippen molar-refractivity contribution >= 4 is 28.6 Å². The van der Waals surface area contributed by atoms with Crippen LogP contribution in [0.4, 0.5) is 5.69 Å². The van der Waals surface area contributed by atoms with Gasteiger partial charge in [0.05, 0.1) is 5.56 Å². The SMILES string of the molecule is CN=Cc1ccc2c3c([nH]c2c1)C(C)(C)c1cc(N2C[C@@H](C)N[C@@H](C)C2)ccc1C3=O. The molecule has 2 atom stereocenters. The number of aromatic amines is 1. The summed E-state index contributed by atoms with van der Waals surface area (Å²) in [5, 5.41) is 4.58. The first-order chi connectivity index (χ1) is 14.8. The van der Waals surface area contributed by atoms with Gasteiger partial charge in [0.2, 0.25) is 0 Å². The molecule has 1 fully saturated rings. The Hall–Kier alpha value is -2.92. The number of ketones is 1. The third-order valence-corrected chi connectivity index (χ3v) is 6.80. The van der Waals surface area contributed by atoms with Gasteiger partial charge in [-0.25, -0.2) is 0 Å². The summed E-state index contributed by atoms with van der Waals surface area (Å²) in [6.45, 7) is 10.8. The third kappa shape index (κ3) is 3.10. The first-order valence-corrected chi connectivity index (χ1v) is 11.1. The number of anilines is 1. The Labute approximate surface area is 183 Å². The predicted octanol–water partition coefficient (Wildman–Crippen LogP) is 4.27. The highest BCUT2D eigenvalue weighted by Gasteiger charge is 2.40. The number of hydrogen-bond acceptors (Lipinski definition) is 4. The summed E-state index contributed by atoms with van der Waals surface area (Å²) in [4.78, 5) is 23.7. The van der Waals surface area contributed by atoms with E-state index in [0.29, 0.717) is 12.1 Å². The molecule has 1 aliphatic carbocycles. The molecule has 1 saturated heterocycles. The third-order valence-electron chi connectivity index (χ3n) is 6.80. The van der Waals surface area contributed by atoms with E-state index in [1.807, 2.05) is 24.4 Å². The van der Waals surface area contributed by atoms with Gasteiger partial charge in [0.25, 0.3) is 0 Å². The van der Waals surface area contributed by atoms with Gasteiger partial charge in [-0.2, -0.15) is 0 Å². The Morgan fingerprint density at radius 2 is 1.84 bits per heavy atom. The summed E-state index contributed by atoms with van der Waals surface area (Å²) >= 11 is 0. The van der Waals surface area contributed by atoms with Gasteiger partial charge in [-0.05, 0) is 49.2 Å². The fourth-order valence-electron chi connectivity index (χ4n) is 5.40. The molecule has 0 bridgehead atoms. The lowest BCUT2D eigenvalue weighted by Gasteiger charge is -2.39. The summed E-state index contributed by atoms with van der Waals surface area (Å²) in [5.41, 5.74) is 6.65. The molecule has 1 aromatic heterocycles. The molecule has 3 aromatic rings. The normalized spacial score (nSPS) is 22.7. The number of H-pyrrole nitrogens is 1. The number of carbonyl (C=O) groups excluding carboxylic acids is 1. The van der Waals surface area contributed by atoms with Crippen LogP contribution in [0.2, 0.25) is 0 Å². The molecule has 0 spiro atoms. The maximum Gasteiger partial charge on any atom is 0.195 e. The Morgan fingerprint density at radius 3 is 2.55 bits per heavy atom. The van der Waals surface area contributed by atoms with Gasteiger partial charge in [0, 0.05) is 71.7 Å². The second kappa shape index (κ2) is 7.06. The van der Waals surface area contributed by atoms with Crippen LogP contribution >= 0.6 is 0 Å². The molecule has 2 heterocycles. The molecule has 2 aromatic carbocycles. The van der Waals surface area contributed by atoms with Crippen LogP contribution in [0, 0.1) is 0 Å². The average Bonchev–Trinajstić information content (AvgIpc) is 3.11. The zero-order valence-corrected chi connectivity index (χ0v) is 18.9. The van der Waals surface area contributed by atoms with Crippen molar-refractivity contribution in [1.82, 2.24) is 10.3 Å². The molecule has 5 nitrogen and oxygen atoms in total. The van der Waals surface area contributed by atoms with Gasteiger partial charge in [-0.3, -0.25) is 9.79 Å². The van der Waals surface area contributed by atoms with Crippen molar-refractivity contribution in [2.45, 2.75) is 45.2 Å². The second-order valence-corrected chi connectivity index (χ2v) is 9.63. The highest BCUT2D eigenvalue weighted by molar-refractivity contribution is 6.20. The molecular weight excluding hydrogens is 384 g/mol. The Balaban J connectivity index is 1.63. The molecule has 0 radical (unpaired) electrons. The maximum atomic E-state index is 13.6. The van der Waals surface area contributed by atoms with E-state index in [1.165, 1.54) is 5.69 Å². The second-order valence-electron chi connectivity index (χ2n) is 9.63. The lowest BCUT2D eigenvalue weighted by Crippen LogP contribution is -2.54. The van der Waals surface area contributed by atoms with Crippen LogP contribution in [-0.2, 0) is 5.41 Å². The number of nitrogens with zero attached hydrogens (tertiary/aromatic N) is 2. The quantitative estimate of drug-likeness (QED) is 0.616. The van der Waals surface area contributed by atoms with Gasteiger partial charge in [0.15, 0.2) is 5.78 Å². The van der Waals surface area contributed by atoms with Gasteiger partial charge >= 0.3 is 0 Å². The van der Waals surface area contributed by atoms with Crippen LogP contribution in [0.1, 0.15) is 60.4 Å². The number of benzene rings is 2. The Morgan fingerprint density at radius 1 is 1.10 bits per heavy atom. The number of hydrogen-bond donors (Lipinski definition) is 2. The Kier molecular flexibility index (Phi) is 4.56. The summed E-state index contributed by atoms with van der Waals surface area (Å²) in [6, 6.07) is 13.4. The van der Waals surface area contributed by atoms with Gasteiger partial charge in [0.1, 0.15) is 0 Å².